The van der Waals surface area contributed by atoms with Crippen molar-refractivity contribution in [2.45, 2.75) is 33.4 Å². The normalized spacial score (nSPS) is 12.2. The van der Waals surface area contributed by atoms with Crippen molar-refractivity contribution in [3.8, 4) is 0 Å². The predicted octanol–water partition coefficient (Wildman–Crippen LogP) is 4.36. The monoisotopic (exact) mass is 435 g/mol. The van der Waals surface area contributed by atoms with E-state index in [1.165, 1.54) is 0 Å². The molecule has 0 aliphatic carbocycles. The molecule has 0 bridgehead atoms. The molecule has 0 saturated heterocycles. The highest BCUT2D eigenvalue weighted by Gasteiger charge is 2.20. The Bertz CT molecular complexity index is 949. The minimum Gasteiger partial charge on any atom is -0.321 e. The predicted molar refractivity (Wildman–Crippen MR) is 106 cm³/mol. The molecule has 2 heterocycles. The summed E-state index contributed by atoms with van der Waals surface area (Å²) in [5.41, 5.74) is 3.45. The number of rotatable bonds is 5. The van der Waals surface area contributed by atoms with E-state index in [1.807, 2.05) is 42.8 Å². The van der Waals surface area contributed by atoms with Gasteiger partial charge in [-0.25, -0.2) is 0 Å². The Morgan fingerprint density at radius 3 is 2.81 bits per heavy atom. The van der Waals surface area contributed by atoms with E-state index in [4.69, 9.17) is 11.6 Å². The lowest BCUT2D eigenvalue weighted by atomic mass is 10.2. The summed E-state index contributed by atoms with van der Waals surface area (Å²) >= 11 is 9.39. The quantitative estimate of drug-likeness (QED) is 0.646. The Balaban J connectivity index is 1.78. The zero-order valence-corrected chi connectivity index (χ0v) is 17.0. The van der Waals surface area contributed by atoms with Crippen LogP contribution in [0, 0.1) is 13.8 Å². The largest absolute Gasteiger partial charge is 0.321 e. The maximum absolute atomic E-state index is 12.6. The molecule has 3 aromatic rings. The van der Waals surface area contributed by atoms with Crippen LogP contribution in [0.15, 0.2) is 41.1 Å². The first kappa shape index (κ1) is 18.7. The van der Waals surface area contributed by atoms with Crippen molar-refractivity contribution in [3.63, 3.8) is 0 Å². The summed E-state index contributed by atoms with van der Waals surface area (Å²) in [5, 5.41) is 12.4. The number of halogens is 2. The molecule has 1 unspecified atom stereocenters. The molecule has 1 N–H and O–H groups in total. The zero-order chi connectivity index (χ0) is 18.8. The second-order valence-corrected chi connectivity index (χ2v) is 7.49. The fraction of sp³-hybridized carbons (Fsp3) is 0.278. The van der Waals surface area contributed by atoms with Crippen LogP contribution >= 0.6 is 27.5 Å². The molecule has 0 spiro atoms. The fourth-order valence-corrected chi connectivity index (χ4v) is 3.23. The molecule has 6 nitrogen and oxygen atoms in total. The molecule has 2 aromatic heterocycles. The van der Waals surface area contributed by atoms with E-state index in [1.54, 1.807) is 24.0 Å². The van der Waals surface area contributed by atoms with Gasteiger partial charge >= 0.3 is 0 Å². The Morgan fingerprint density at radius 1 is 1.38 bits per heavy atom. The lowest BCUT2D eigenvalue weighted by Crippen LogP contribution is -2.24. The zero-order valence-electron chi connectivity index (χ0n) is 14.7. The molecule has 1 amide bonds. The molecule has 0 aliphatic rings. The number of nitrogens with one attached hydrogen (secondary N) is 1. The van der Waals surface area contributed by atoms with E-state index in [2.05, 4.69) is 31.4 Å². The van der Waals surface area contributed by atoms with Gasteiger partial charge in [-0.15, -0.1) is 0 Å². The smallest absolute Gasteiger partial charge is 0.249 e. The standard InChI is InChI=1S/C18H19BrClN5O/c1-11-17(22-18(26)13(3)24-10-15(19)8-21-24)12(2)25(23-11)9-14-5-4-6-16(20)7-14/h4-8,10,13H,9H2,1-3H3,(H,22,26). The van der Waals surface area contributed by atoms with Crippen molar-refractivity contribution in [2.24, 2.45) is 0 Å². The molecule has 8 heteroatoms. The van der Waals surface area contributed by atoms with Crippen LogP contribution in [-0.2, 0) is 11.3 Å². The average Bonchev–Trinajstić information content (AvgIpc) is 3.13. The van der Waals surface area contributed by atoms with Gasteiger partial charge in [0.2, 0.25) is 5.91 Å². The van der Waals surface area contributed by atoms with Gasteiger partial charge in [-0.05, 0) is 54.4 Å². The first-order valence-electron chi connectivity index (χ1n) is 8.14. The van der Waals surface area contributed by atoms with Crippen LogP contribution in [-0.4, -0.2) is 25.5 Å². The second-order valence-electron chi connectivity index (χ2n) is 6.14. The third kappa shape index (κ3) is 3.99. The molecule has 0 saturated carbocycles. The van der Waals surface area contributed by atoms with Gasteiger partial charge in [-0.2, -0.15) is 10.2 Å². The van der Waals surface area contributed by atoms with Gasteiger partial charge in [0.25, 0.3) is 0 Å². The number of nitrogens with zero attached hydrogens (tertiary/aromatic N) is 4. The first-order chi connectivity index (χ1) is 12.3. The maximum atomic E-state index is 12.6. The van der Waals surface area contributed by atoms with Crippen LogP contribution in [0.2, 0.25) is 5.02 Å². The molecular weight excluding hydrogens is 418 g/mol. The van der Waals surface area contributed by atoms with Crippen LogP contribution in [0.4, 0.5) is 5.69 Å². The number of hydrogen-bond donors (Lipinski definition) is 1. The van der Waals surface area contributed by atoms with E-state index < -0.39 is 6.04 Å². The Kier molecular flexibility index (Phi) is 5.48. The summed E-state index contributed by atoms with van der Waals surface area (Å²) in [5.74, 6) is -0.144. The van der Waals surface area contributed by atoms with E-state index >= 15 is 0 Å². The first-order valence-corrected chi connectivity index (χ1v) is 9.31. The molecule has 3 rings (SSSR count). The van der Waals surface area contributed by atoms with Crippen molar-refractivity contribution in [2.75, 3.05) is 5.32 Å². The van der Waals surface area contributed by atoms with Crippen LogP contribution in [0.25, 0.3) is 0 Å². The minimum atomic E-state index is -0.434. The van der Waals surface area contributed by atoms with Gasteiger partial charge in [0, 0.05) is 11.2 Å². The summed E-state index contributed by atoms with van der Waals surface area (Å²) in [6.07, 6.45) is 3.43. The topological polar surface area (TPSA) is 64.7 Å². The molecule has 26 heavy (non-hydrogen) atoms. The van der Waals surface area contributed by atoms with Crippen molar-refractivity contribution in [3.05, 3.63) is 63.1 Å². The molecule has 0 radical (unpaired) electrons. The van der Waals surface area contributed by atoms with E-state index in [-0.39, 0.29) is 5.91 Å². The number of benzene rings is 1. The summed E-state index contributed by atoms with van der Waals surface area (Å²) in [7, 11) is 0. The van der Waals surface area contributed by atoms with Gasteiger partial charge in [-0.3, -0.25) is 14.2 Å². The van der Waals surface area contributed by atoms with Crippen molar-refractivity contribution in [1.29, 1.82) is 0 Å². The van der Waals surface area contributed by atoms with Crippen molar-refractivity contribution < 1.29 is 4.79 Å². The number of anilines is 1. The van der Waals surface area contributed by atoms with Gasteiger partial charge in [0.1, 0.15) is 6.04 Å². The SMILES string of the molecule is Cc1nn(Cc2cccc(Cl)c2)c(C)c1NC(=O)C(C)n1cc(Br)cn1. The van der Waals surface area contributed by atoms with Gasteiger partial charge < -0.3 is 5.32 Å². The molecular formula is C18H19BrClN5O. The maximum Gasteiger partial charge on any atom is 0.249 e. The van der Waals surface area contributed by atoms with Crippen molar-refractivity contribution in [1.82, 2.24) is 19.6 Å². The third-order valence-corrected chi connectivity index (χ3v) is 4.84. The van der Waals surface area contributed by atoms with Gasteiger partial charge in [-0.1, -0.05) is 23.7 Å². The van der Waals surface area contributed by atoms with Gasteiger partial charge in [0.15, 0.2) is 0 Å². The van der Waals surface area contributed by atoms with Crippen LogP contribution < -0.4 is 5.32 Å². The van der Waals surface area contributed by atoms with E-state index in [0.29, 0.717) is 11.6 Å². The average molecular weight is 437 g/mol. The third-order valence-electron chi connectivity index (χ3n) is 4.20. The number of amides is 1. The molecule has 1 atom stereocenters. The number of carbonyl (C=O) groups is 1. The second kappa shape index (κ2) is 7.63. The molecule has 0 fully saturated rings. The summed E-state index contributed by atoms with van der Waals surface area (Å²) in [6.45, 7) is 6.21. The van der Waals surface area contributed by atoms with Crippen LogP contribution in [0.1, 0.15) is 29.9 Å². The molecule has 0 aliphatic heterocycles. The highest BCUT2D eigenvalue weighted by molar-refractivity contribution is 9.10. The minimum absolute atomic E-state index is 0.144. The lowest BCUT2D eigenvalue weighted by molar-refractivity contribution is -0.119. The number of aromatic nitrogens is 4. The highest BCUT2D eigenvalue weighted by Crippen LogP contribution is 2.23. The molecule has 136 valence electrons. The van der Waals surface area contributed by atoms with E-state index in [9.17, 15) is 4.79 Å². The fourth-order valence-electron chi connectivity index (χ4n) is 2.71. The Hall–Kier alpha value is -2.12. The van der Waals surface area contributed by atoms with Crippen molar-refractivity contribution >= 4 is 39.1 Å². The van der Waals surface area contributed by atoms with E-state index in [0.717, 1.165) is 27.1 Å². The summed E-state index contributed by atoms with van der Waals surface area (Å²) in [4.78, 5) is 12.6. The highest BCUT2D eigenvalue weighted by atomic mass is 79.9. The molecule has 1 aromatic carbocycles. The van der Waals surface area contributed by atoms with Gasteiger partial charge in [0.05, 0.1) is 34.3 Å². The number of aryl methyl sites for hydroxylation is 1. The lowest BCUT2D eigenvalue weighted by Gasteiger charge is -2.13. The number of carbonyl (C=O) groups excluding carboxylic acids is 1. The summed E-state index contributed by atoms with van der Waals surface area (Å²) < 4.78 is 4.31. The van der Waals surface area contributed by atoms with Crippen LogP contribution in [0.5, 0.6) is 0 Å². The Labute approximate surface area is 165 Å². The number of hydrogen-bond acceptors (Lipinski definition) is 3. The summed E-state index contributed by atoms with van der Waals surface area (Å²) in [6, 6.07) is 7.23. The Morgan fingerprint density at radius 2 is 2.15 bits per heavy atom. The van der Waals surface area contributed by atoms with Crippen LogP contribution in [0.3, 0.4) is 0 Å².